The van der Waals surface area contributed by atoms with Gasteiger partial charge in [-0.15, -0.1) is 0 Å². The normalized spacial score (nSPS) is 43.5. The number of nitrogens with one attached hydrogen (secondary N) is 1. The Kier molecular flexibility index (Phi) is 21.9. The Morgan fingerprint density at radius 1 is 0.903 bits per heavy atom. The first kappa shape index (κ1) is 55.2. The molecule has 0 aromatic rings. The van der Waals surface area contributed by atoms with E-state index in [2.05, 4.69) is 10.2 Å². The summed E-state index contributed by atoms with van der Waals surface area (Å²) in [5, 5.41) is 63.2. The molecule has 0 aromatic carbocycles. The molecule has 3 fully saturated rings. The molecule has 2 unspecified atom stereocenters. The third-order valence-electron chi connectivity index (χ3n) is 14.1. The molecule has 8 N–H and O–H groups in total. The minimum atomic E-state index is -1.83. The molecule has 16 nitrogen and oxygen atoms in total. The standard InChI is InChI=1S/C46H90N4O12/c1-14-35-46(10,56)39(52)32(6)50(23-19-22-48-21-18-16-15-17-20-47)27-28(2)25-44(8,55)41(62-43-37(51)34(49(11)12)24-29(3)58-43)30(4)38(31(5)42(54)60-35)61-36-26-45(9,57-13)40(53)33(7)59-36/h28-41,43,48,51-53,55-56H,14-27,47H2,1-13H3/t28-,29-,30+,31-,32-,33+,34+,35-,36?,37?,38+,39+,40+,41+,43+,44-,45-,46-/m1/s1. The summed E-state index contributed by atoms with van der Waals surface area (Å²) in [6, 6.07) is -0.843. The molecular weight excluding hydrogens is 801 g/mol. The number of unbranched alkanes of at least 4 members (excludes halogenated alkanes) is 3. The van der Waals surface area contributed by atoms with Crippen LogP contribution in [0.25, 0.3) is 0 Å². The van der Waals surface area contributed by atoms with Crippen LogP contribution in [0.1, 0.15) is 127 Å². The first-order chi connectivity index (χ1) is 28.9. The van der Waals surface area contributed by atoms with Crippen LogP contribution < -0.4 is 11.1 Å². The molecule has 0 saturated carbocycles. The predicted octanol–water partition coefficient (Wildman–Crippen LogP) is 2.77. The van der Waals surface area contributed by atoms with E-state index in [0.717, 1.165) is 45.2 Å². The van der Waals surface area contributed by atoms with Crippen molar-refractivity contribution in [2.45, 2.75) is 217 Å². The molecule has 18 atom stereocenters. The topological polar surface area (TPSA) is 218 Å². The fourth-order valence-corrected chi connectivity index (χ4v) is 10.2. The van der Waals surface area contributed by atoms with Gasteiger partial charge in [0.25, 0.3) is 0 Å². The molecule has 0 bridgehead atoms. The second-order valence-corrected chi connectivity index (χ2v) is 20.0. The van der Waals surface area contributed by atoms with Gasteiger partial charge in [-0.05, 0) is 133 Å². The summed E-state index contributed by atoms with van der Waals surface area (Å²) in [5.74, 6) is -2.64. The van der Waals surface area contributed by atoms with Crippen LogP contribution in [-0.2, 0) is 33.2 Å². The smallest absolute Gasteiger partial charge is 0.311 e. The Morgan fingerprint density at radius 2 is 1.55 bits per heavy atom. The van der Waals surface area contributed by atoms with Gasteiger partial charge in [-0.2, -0.15) is 0 Å². The van der Waals surface area contributed by atoms with Gasteiger partial charge >= 0.3 is 5.97 Å². The average Bonchev–Trinajstić information content (AvgIpc) is 3.20. The van der Waals surface area contributed by atoms with Crippen LogP contribution in [0.3, 0.4) is 0 Å². The van der Waals surface area contributed by atoms with E-state index >= 15 is 0 Å². The number of hydrogen-bond acceptors (Lipinski definition) is 16. The van der Waals surface area contributed by atoms with Crippen molar-refractivity contribution in [2.24, 2.45) is 23.5 Å². The summed E-state index contributed by atoms with van der Waals surface area (Å²) < 4.78 is 38.1. The summed E-state index contributed by atoms with van der Waals surface area (Å²) in [6.07, 6.45) is -3.27. The molecule has 3 heterocycles. The fourth-order valence-electron chi connectivity index (χ4n) is 10.2. The first-order valence-corrected chi connectivity index (χ1v) is 23.6. The maximum atomic E-state index is 14.5. The maximum absolute atomic E-state index is 14.5. The summed E-state index contributed by atoms with van der Waals surface area (Å²) >= 11 is 0. The van der Waals surface area contributed by atoms with E-state index in [1.54, 1.807) is 34.6 Å². The van der Waals surface area contributed by atoms with Crippen LogP contribution in [-0.4, -0.2) is 186 Å². The Balaban J connectivity index is 2.10. The Morgan fingerprint density at radius 3 is 2.16 bits per heavy atom. The highest BCUT2D eigenvalue weighted by Crippen LogP contribution is 2.40. The number of cyclic esters (lactones) is 1. The Hall–Kier alpha value is -1.09. The third kappa shape index (κ3) is 14.5. The molecule has 0 radical (unpaired) electrons. The van der Waals surface area contributed by atoms with Gasteiger partial charge in [0, 0.05) is 38.1 Å². The van der Waals surface area contributed by atoms with Gasteiger partial charge in [0.1, 0.15) is 30.0 Å². The first-order valence-electron chi connectivity index (χ1n) is 23.6. The third-order valence-corrected chi connectivity index (χ3v) is 14.1. The lowest BCUT2D eigenvalue weighted by Crippen LogP contribution is -2.60. The Bertz CT molecular complexity index is 1310. The Labute approximate surface area is 373 Å². The van der Waals surface area contributed by atoms with Gasteiger partial charge in [-0.1, -0.05) is 33.6 Å². The number of carbonyl (C=O) groups is 1. The van der Waals surface area contributed by atoms with Crippen molar-refractivity contribution in [1.29, 1.82) is 0 Å². The minimum absolute atomic E-state index is 0.127. The van der Waals surface area contributed by atoms with E-state index in [1.165, 1.54) is 14.0 Å². The molecule has 0 spiro atoms. The summed E-state index contributed by atoms with van der Waals surface area (Å²) in [5.41, 5.74) is 1.19. The molecule has 3 rings (SSSR count). The van der Waals surface area contributed by atoms with Crippen LogP contribution in [0.15, 0.2) is 0 Å². The van der Waals surface area contributed by atoms with Gasteiger partial charge in [0.2, 0.25) is 0 Å². The zero-order valence-electron chi connectivity index (χ0n) is 40.6. The summed E-state index contributed by atoms with van der Waals surface area (Å²) in [7, 11) is 5.31. The number of aliphatic hydroxyl groups excluding tert-OH is 3. The fraction of sp³-hybridized carbons (Fsp3) is 0.978. The monoisotopic (exact) mass is 891 g/mol. The number of hydrogen-bond donors (Lipinski definition) is 7. The second-order valence-electron chi connectivity index (χ2n) is 20.0. The highest BCUT2D eigenvalue weighted by Gasteiger charge is 2.53. The van der Waals surface area contributed by atoms with Gasteiger partial charge < -0.3 is 69.9 Å². The molecule has 0 aromatic heterocycles. The zero-order chi connectivity index (χ0) is 46.7. The van der Waals surface area contributed by atoms with Crippen molar-refractivity contribution in [1.82, 2.24) is 15.1 Å². The van der Waals surface area contributed by atoms with Crippen LogP contribution in [0.4, 0.5) is 0 Å². The SMILES string of the molecule is CC[C@H]1OC(=O)[C@H](C)[C@@H](OC2C[C@@](C)(OC)[C@@H](O)[C@H](C)O2)[C@H](C)[C@H](O[C@@H]2O[C@H](C)C[C@H](N(C)C)C2O)[C@](C)(O)C[C@@H](C)CN(CCCNCCCCCCN)[C@H](C)[C@H](O)[C@]1(C)O. The number of likely N-dealkylation sites (N-methyl/N-ethyl adjacent to an activating group) is 1. The van der Waals surface area contributed by atoms with Crippen molar-refractivity contribution in [3.05, 3.63) is 0 Å². The lowest BCUT2D eigenvalue weighted by atomic mass is 9.77. The van der Waals surface area contributed by atoms with Crippen molar-refractivity contribution < 1.29 is 58.7 Å². The number of carbonyl (C=O) groups excluding carboxylic acids is 1. The molecule has 3 saturated heterocycles. The van der Waals surface area contributed by atoms with Crippen LogP contribution in [0.2, 0.25) is 0 Å². The predicted molar refractivity (Wildman–Crippen MR) is 238 cm³/mol. The van der Waals surface area contributed by atoms with E-state index < -0.39 is 96.0 Å². The number of rotatable bonds is 17. The summed E-state index contributed by atoms with van der Waals surface area (Å²) in [4.78, 5) is 18.6. The average molecular weight is 891 g/mol. The van der Waals surface area contributed by atoms with Gasteiger partial charge in [-0.3, -0.25) is 9.69 Å². The van der Waals surface area contributed by atoms with E-state index in [4.69, 9.17) is 34.2 Å². The van der Waals surface area contributed by atoms with Crippen molar-refractivity contribution >= 4 is 5.97 Å². The second kappa shape index (κ2) is 24.6. The largest absolute Gasteiger partial charge is 0.459 e. The van der Waals surface area contributed by atoms with E-state index in [1.807, 2.05) is 46.7 Å². The molecule has 366 valence electrons. The number of nitrogens with two attached hydrogens (primary N) is 1. The molecule has 62 heavy (non-hydrogen) atoms. The highest BCUT2D eigenvalue weighted by atomic mass is 16.7. The molecule has 0 aliphatic carbocycles. The lowest BCUT2D eigenvalue weighted by molar-refractivity contribution is -0.318. The molecule has 3 aliphatic rings. The minimum Gasteiger partial charge on any atom is -0.459 e. The van der Waals surface area contributed by atoms with E-state index in [9.17, 15) is 30.3 Å². The number of nitrogens with zero attached hydrogens (tertiary/aromatic N) is 2. The molecule has 3 aliphatic heterocycles. The van der Waals surface area contributed by atoms with Crippen LogP contribution >= 0.6 is 0 Å². The summed E-state index contributed by atoms with van der Waals surface area (Å²) in [6.45, 7) is 21.3. The molecule has 16 heteroatoms. The molecular formula is C46H90N4O12. The zero-order valence-corrected chi connectivity index (χ0v) is 40.6. The van der Waals surface area contributed by atoms with Crippen molar-refractivity contribution in [2.75, 3.05) is 53.9 Å². The quantitative estimate of drug-likeness (QED) is 0.0826. The van der Waals surface area contributed by atoms with Crippen LogP contribution in [0.5, 0.6) is 0 Å². The number of ether oxygens (including phenoxy) is 6. The number of aliphatic hydroxyl groups is 5. The van der Waals surface area contributed by atoms with Gasteiger partial charge in [-0.25, -0.2) is 0 Å². The van der Waals surface area contributed by atoms with Crippen LogP contribution in [0, 0.1) is 17.8 Å². The maximum Gasteiger partial charge on any atom is 0.311 e. The van der Waals surface area contributed by atoms with Gasteiger partial charge in [0.15, 0.2) is 12.6 Å². The number of methoxy groups -OCH3 is 1. The van der Waals surface area contributed by atoms with Gasteiger partial charge in [0.05, 0.1) is 41.5 Å². The lowest BCUT2D eigenvalue weighted by Gasteiger charge is -2.48. The van der Waals surface area contributed by atoms with Crippen molar-refractivity contribution in [3.63, 3.8) is 0 Å². The molecule has 0 amide bonds. The highest BCUT2D eigenvalue weighted by molar-refractivity contribution is 5.73. The van der Waals surface area contributed by atoms with E-state index in [0.29, 0.717) is 26.1 Å². The van der Waals surface area contributed by atoms with Crippen molar-refractivity contribution in [3.8, 4) is 0 Å². The number of esters is 1. The van der Waals surface area contributed by atoms with E-state index in [-0.39, 0.29) is 37.3 Å².